The predicted molar refractivity (Wildman–Crippen MR) is 107 cm³/mol. The summed E-state index contributed by atoms with van der Waals surface area (Å²) in [4.78, 5) is 26.4. The van der Waals surface area contributed by atoms with Crippen LogP contribution in [0.5, 0.6) is 5.75 Å². The summed E-state index contributed by atoms with van der Waals surface area (Å²) in [5.41, 5.74) is 6.73. The number of carbonyl (C=O) groups is 1. The number of nitrogens with one attached hydrogen (secondary N) is 2. The Morgan fingerprint density at radius 2 is 1.90 bits per heavy atom. The lowest BCUT2D eigenvalue weighted by Gasteiger charge is -2.38. The quantitative estimate of drug-likeness (QED) is 0.569. The van der Waals surface area contributed by atoms with E-state index in [1.807, 2.05) is 6.07 Å². The smallest absolute Gasteiger partial charge is 0.406 e. The Morgan fingerprint density at radius 3 is 2.58 bits per heavy atom. The van der Waals surface area contributed by atoms with E-state index < -0.39 is 11.9 Å². The van der Waals surface area contributed by atoms with Crippen molar-refractivity contribution in [2.24, 2.45) is 5.73 Å². The van der Waals surface area contributed by atoms with Crippen LogP contribution in [0.3, 0.4) is 0 Å². The first kappa shape index (κ1) is 20.9. The van der Waals surface area contributed by atoms with Gasteiger partial charge in [-0.3, -0.25) is 4.79 Å². The second-order valence-corrected chi connectivity index (χ2v) is 7.45. The van der Waals surface area contributed by atoms with E-state index in [0.717, 1.165) is 16.9 Å². The topological polar surface area (TPSA) is 109 Å². The van der Waals surface area contributed by atoms with Gasteiger partial charge in [-0.2, -0.15) is 0 Å². The number of hydrogen-bond donors (Lipinski definition) is 3. The van der Waals surface area contributed by atoms with Gasteiger partial charge in [-0.1, -0.05) is 12.1 Å². The SMILES string of the molecule is NC1(C(=O)NCc2ccc(OC(F)(F)F)cc2)CCN(c2ncnc3[nH]ccc23)CC1. The fourth-order valence-electron chi connectivity index (χ4n) is 3.62. The molecule has 0 saturated carbocycles. The molecule has 1 fully saturated rings. The van der Waals surface area contributed by atoms with Crippen LogP contribution in [-0.4, -0.2) is 45.8 Å². The van der Waals surface area contributed by atoms with Gasteiger partial charge in [0.05, 0.1) is 10.9 Å². The molecule has 0 unspecified atom stereocenters. The van der Waals surface area contributed by atoms with Crippen molar-refractivity contribution in [3.8, 4) is 5.75 Å². The maximum Gasteiger partial charge on any atom is 0.573 e. The van der Waals surface area contributed by atoms with Crippen molar-refractivity contribution in [1.29, 1.82) is 0 Å². The minimum absolute atomic E-state index is 0.156. The molecule has 164 valence electrons. The average Bonchev–Trinajstić information content (AvgIpc) is 3.21. The van der Waals surface area contributed by atoms with Crippen LogP contribution in [0.4, 0.5) is 19.0 Å². The maximum absolute atomic E-state index is 12.7. The summed E-state index contributed by atoms with van der Waals surface area (Å²) in [6, 6.07) is 7.24. The van der Waals surface area contributed by atoms with Crippen molar-refractivity contribution in [3.05, 3.63) is 48.4 Å². The van der Waals surface area contributed by atoms with Gasteiger partial charge < -0.3 is 25.7 Å². The molecule has 0 spiro atoms. The molecular weight excluding hydrogens is 413 g/mol. The summed E-state index contributed by atoms with van der Waals surface area (Å²) in [5, 5.41) is 3.69. The zero-order chi connectivity index (χ0) is 22.1. The van der Waals surface area contributed by atoms with Gasteiger partial charge in [0.2, 0.25) is 5.91 Å². The van der Waals surface area contributed by atoms with E-state index in [1.165, 1.54) is 30.6 Å². The summed E-state index contributed by atoms with van der Waals surface area (Å²) in [6.07, 6.45) is -0.569. The molecule has 31 heavy (non-hydrogen) atoms. The van der Waals surface area contributed by atoms with Crippen LogP contribution in [0.2, 0.25) is 0 Å². The first-order chi connectivity index (χ1) is 14.7. The molecule has 4 N–H and O–H groups in total. The standard InChI is InChI=1S/C20H21F3N6O2/c21-20(22,23)31-14-3-1-13(2-4-14)11-26-18(30)19(24)6-9-29(10-7-19)17-15-5-8-25-16(15)27-12-28-17/h1-5,8,12H,6-7,9-11,24H2,(H,26,30)(H,25,27,28). The predicted octanol–water partition coefficient (Wildman–Crippen LogP) is 2.47. The van der Waals surface area contributed by atoms with Gasteiger partial charge in [0.15, 0.2) is 0 Å². The van der Waals surface area contributed by atoms with E-state index in [9.17, 15) is 18.0 Å². The van der Waals surface area contributed by atoms with E-state index in [1.54, 1.807) is 6.20 Å². The normalized spacial score (nSPS) is 16.3. The molecular formula is C20H21F3N6O2. The minimum atomic E-state index is -4.74. The zero-order valence-corrected chi connectivity index (χ0v) is 16.4. The third kappa shape index (κ3) is 4.71. The lowest BCUT2D eigenvalue weighted by atomic mass is 9.87. The molecule has 0 bridgehead atoms. The number of anilines is 1. The second-order valence-electron chi connectivity index (χ2n) is 7.45. The van der Waals surface area contributed by atoms with Crippen molar-refractivity contribution in [3.63, 3.8) is 0 Å². The summed E-state index contributed by atoms with van der Waals surface area (Å²) in [6.45, 7) is 1.28. The molecule has 1 saturated heterocycles. The largest absolute Gasteiger partial charge is 0.573 e. The van der Waals surface area contributed by atoms with E-state index in [2.05, 4.69) is 29.9 Å². The van der Waals surface area contributed by atoms with Crippen molar-refractivity contribution in [2.75, 3.05) is 18.0 Å². The Bertz CT molecular complexity index is 1060. The molecule has 1 aliphatic rings. The van der Waals surface area contributed by atoms with E-state index >= 15 is 0 Å². The minimum Gasteiger partial charge on any atom is -0.406 e. The molecule has 2 aromatic heterocycles. The number of piperidine rings is 1. The van der Waals surface area contributed by atoms with Crippen molar-refractivity contribution < 1.29 is 22.7 Å². The highest BCUT2D eigenvalue weighted by Gasteiger charge is 2.38. The summed E-state index contributed by atoms with van der Waals surface area (Å²) >= 11 is 0. The van der Waals surface area contributed by atoms with Crippen molar-refractivity contribution >= 4 is 22.8 Å². The first-order valence-corrected chi connectivity index (χ1v) is 9.68. The third-order valence-corrected chi connectivity index (χ3v) is 5.35. The van der Waals surface area contributed by atoms with Gasteiger partial charge in [0, 0.05) is 25.8 Å². The van der Waals surface area contributed by atoms with Gasteiger partial charge >= 0.3 is 6.36 Å². The first-order valence-electron chi connectivity index (χ1n) is 9.68. The third-order valence-electron chi connectivity index (χ3n) is 5.35. The number of aromatic nitrogens is 3. The molecule has 0 atom stereocenters. The molecule has 3 aromatic rings. The van der Waals surface area contributed by atoms with Gasteiger partial charge in [-0.05, 0) is 36.6 Å². The van der Waals surface area contributed by atoms with Crippen LogP contribution in [0, 0.1) is 0 Å². The van der Waals surface area contributed by atoms with Crippen LogP contribution < -0.4 is 20.7 Å². The summed E-state index contributed by atoms with van der Waals surface area (Å²) < 4.78 is 40.5. The summed E-state index contributed by atoms with van der Waals surface area (Å²) in [7, 11) is 0. The molecule has 0 radical (unpaired) electrons. The summed E-state index contributed by atoms with van der Waals surface area (Å²) in [5.74, 6) is 0.193. The number of benzene rings is 1. The molecule has 1 aliphatic heterocycles. The van der Waals surface area contributed by atoms with Crippen LogP contribution in [0.25, 0.3) is 11.0 Å². The van der Waals surface area contributed by atoms with Gasteiger partial charge in [-0.15, -0.1) is 13.2 Å². The number of rotatable bonds is 5. The Morgan fingerprint density at radius 1 is 1.19 bits per heavy atom. The number of nitrogens with two attached hydrogens (primary N) is 1. The molecule has 4 rings (SSSR count). The second kappa shape index (κ2) is 8.06. The van der Waals surface area contributed by atoms with E-state index in [-0.39, 0.29) is 18.2 Å². The van der Waals surface area contributed by atoms with E-state index in [0.29, 0.717) is 31.5 Å². The number of carbonyl (C=O) groups excluding carboxylic acids is 1. The number of H-pyrrole nitrogens is 1. The zero-order valence-electron chi connectivity index (χ0n) is 16.4. The van der Waals surface area contributed by atoms with Gasteiger partial charge in [0.25, 0.3) is 0 Å². The molecule has 0 aliphatic carbocycles. The molecule has 1 amide bonds. The van der Waals surface area contributed by atoms with Crippen molar-refractivity contribution in [2.45, 2.75) is 31.3 Å². The Labute approximate surface area is 175 Å². The van der Waals surface area contributed by atoms with Crippen LogP contribution >= 0.6 is 0 Å². The fourth-order valence-corrected chi connectivity index (χ4v) is 3.62. The molecule has 3 heterocycles. The number of amides is 1. The van der Waals surface area contributed by atoms with E-state index in [4.69, 9.17) is 5.73 Å². The number of hydrogen-bond acceptors (Lipinski definition) is 6. The molecule has 1 aromatic carbocycles. The Hall–Kier alpha value is -3.34. The highest BCUT2D eigenvalue weighted by molar-refractivity contribution is 5.88. The Balaban J connectivity index is 1.33. The van der Waals surface area contributed by atoms with Crippen LogP contribution in [0.15, 0.2) is 42.9 Å². The lowest BCUT2D eigenvalue weighted by Crippen LogP contribution is -2.59. The highest BCUT2D eigenvalue weighted by Crippen LogP contribution is 2.28. The monoisotopic (exact) mass is 434 g/mol. The van der Waals surface area contributed by atoms with Crippen molar-refractivity contribution in [1.82, 2.24) is 20.3 Å². The van der Waals surface area contributed by atoms with Crippen LogP contribution in [-0.2, 0) is 11.3 Å². The lowest BCUT2D eigenvalue weighted by molar-refractivity contribution is -0.274. The average molecular weight is 434 g/mol. The number of fused-ring (bicyclic) bond motifs is 1. The number of alkyl halides is 3. The number of nitrogens with zero attached hydrogens (tertiary/aromatic N) is 3. The Kier molecular flexibility index (Phi) is 5.44. The number of halogens is 3. The fraction of sp³-hybridized carbons (Fsp3) is 0.350. The molecule has 11 heteroatoms. The van der Waals surface area contributed by atoms with Crippen LogP contribution in [0.1, 0.15) is 18.4 Å². The highest BCUT2D eigenvalue weighted by atomic mass is 19.4. The molecule has 8 nitrogen and oxygen atoms in total. The van der Waals surface area contributed by atoms with Gasteiger partial charge in [-0.25, -0.2) is 9.97 Å². The maximum atomic E-state index is 12.7. The number of aromatic amines is 1. The van der Waals surface area contributed by atoms with Gasteiger partial charge in [0.1, 0.15) is 23.5 Å². The number of ether oxygens (including phenoxy) is 1.